The number of sulfonamides is 1. The van der Waals surface area contributed by atoms with E-state index in [0.717, 1.165) is 26.2 Å². The normalized spacial score (nSPS) is 29.3. The molecule has 0 radical (unpaired) electrons. The largest absolute Gasteiger partial charge is 0.372 e. The predicted molar refractivity (Wildman–Crippen MR) is 65.6 cm³/mol. The van der Waals surface area contributed by atoms with Crippen molar-refractivity contribution in [1.82, 2.24) is 9.21 Å². The minimum atomic E-state index is -3.00. The lowest BCUT2D eigenvalue weighted by Crippen LogP contribution is -2.49. The molecule has 0 saturated carbocycles. The van der Waals surface area contributed by atoms with Crippen LogP contribution in [0, 0.1) is 0 Å². The molecule has 2 aliphatic rings. The SMILES string of the molecule is O=S(=O)(CI)N1CCN(CC2CO2)CC1. The first-order chi connectivity index (χ1) is 7.12. The summed E-state index contributed by atoms with van der Waals surface area (Å²) in [6.07, 6.45) is 0.401. The molecule has 2 saturated heterocycles. The lowest BCUT2D eigenvalue weighted by molar-refractivity contribution is 0.175. The summed E-state index contributed by atoms with van der Waals surface area (Å²) >= 11 is 1.90. The Morgan fingerprint density at radius 1 is 1.27 bits per heavy atom. The van der Waals surface area contributed by atoms with Crippen LogP contribution in [0.25, 0.3) is 0 Å². The minimum Gasteiger partial charge on any atom is -0.372 e. The summed E-state index contributed by atoms with van der Waals surface area (Å²) < 4.78 is 30.1. The second-order valence-corrected chi connectivity index (χ2v) is 7.64. The van der Waals surface area contributed by atoms with Gasteiger partial charge in [-0.15, -0.1) is 0 Å². The Hall–Kier alpha value is 0.560. The van der Waals surface area contributed by atoms with Crippen LogP contribution >= 0.6 is 22.6 Å². The summed E-state index contributed by atoms with van der Waals surface area (Å²) in [6, 6.07) is 0. The number of rotatable bonds is 4. The standard InChI is InChI=1S/C8H15IN2O3S/c9-7-15(12,13)11-3-1-10(2-4-11)5-8-6-14-8/h8H,1-7H2. The molecular weight excluding hydrogens is 331 g/mol. The molecule has 1 unspecified atom stereocenters. The van der Waals surface area contributed by atoms with Crippen molar-refractivity contribution >= 4 is 32.6 Å². The van der Waals surface area contributed by atoms with Gasteiger partial charge in [0.15, 0.2) is 0 Å². The fourth-order valence-electron chi connectivity index (χ4n) is 1.72. The van der Waals surface area contributed by atoms with Crippen LogP contribution in [0.2, 0.25) is 0 Å². The zero-order valence-electron chi connectivity index (χ0n) is 8.43. The first kappa shape index (κ1) is 12.0. The maximum Gasteiger partial charge on any atom is 0.223 e. The van der Waals surface area contributed by atoms with Crippen molar-refractivity contribution < 1.29 is 13.2 Å². The first-order valence-electron chi connectivity index (χ1n) is 4.99. The highest BCUT2D eigenvalue weighted by molar-refractivity contribution is 14.1. The maximum absolute atomic E-state index is 11.6. The summed E-state index contributed by atoms with van der Waals surface area (Å²) in [4.78, 5) is 2.27. The van der Waals surface area contributed by atoms with Crippen molar-refractivity contribution in [2.75, 3.05) is 43.1 Å². The molecule has 2 aliphatic heterocycles. The van der Waals surface area contributed by atoms with Crippen LogP contribution in [0.3, 0.4) is 0 Å². The lowest BCUT2D eigenvalue weighted by atomic mass is 10.3. The fourth-order valence-corrected chi connectivity index (χ4v) is 3.76. The summed E-state index contributed by atoms with van der Waals surface area (Å²) in [7, 11) is -3.00. The molecule has 0 aromatic rings. The van der Waals surface area contributed by atoms with E-state index in [-0.39, 0.29) is 3.76 Å². The molecule has 2 rings (SSSR count). The van der Waals surface area contributed by atoms with Gasteiger partial charge in [0, 0.05) is 32.7 Å². The van der Waals surface area contributed by atoms with Gasteiger partial charge in [0.1, 0.15) is 3.76 Å². The summed E-state index contributed by atoms with van der Waals surface area (Å²) in [5, 5.41) is 0. The summed E-state index contributed by atoms with van der Waals surface area (Å²) in [5.74, 6) is 0. The van der Waals surface area contributed by atoms with Crippen LogP contribution in [0.4, 0.5) is 0 Å². The third-order valence-electron chi connectivity index (χ3n) is 2.73. The third kappa shape index (κ3) is 3.26. The molecule has 0 spiro atoms. The molecule has 0 bridgehead atoms. The highest BCUT2D eigenvalue weighted by Crippen LogP contribution is 2.14. The number of hydrogen-bond donors (Lipinski definition) is 0. The second kappa shape index (κ2) is 4.82. The van der Waals surface area contributed by atoms with Gasteiger partial charge in [-0.3, -0.25) is 4.90 Å². The second-order valence-electron chi connectivity index (χ2n) is 3.88. The number of piperazine rings is 1. The van der Waals surface area contributed by atoms with Crippen LogP contribution in [-0.2, 0) is 14.8 Å². The van der Waals surface area contributed by atoms with E-state index >= 15 is 0 Å². The van der Waals surface area contributed by atoms with Crippen molar-refractivity contribution in [2.45, 2.75) is 6.10 Å². The van der Waals surface area contributed by atoms with Crippen LogP contribution in [-0.4, -0.2) is 66.8 Å². The molecular formula is C8H15IN2O3S. The lowest BCUT2D eigenvalue weighted by Gasteiger charge is -2.33. The average molecular weight is 346 g/mol. The molecule has 0 amide bonds. The van der Waals surface area contributed by atoms with Gasteiger partial charge in [-0.2, -0.15) is 4.31 Å². The van der Waals surface area contributed by atoms with E-state index < -0.39 is 10.0 Å². The predicted octanol–water partition coefficient (Wildman–Crippen LogP) is -0.275. The zero-order valence-corrected chi connectivity index (χ0v) is 11.4. The van der Waals surface area contributed by atoms with E-state index in [0.29, 0.717) is 19.2 Å². The van der Waals surface area contributed by atoms with E-state index in [1.165, 1.54) is 0 Å². The van der Waals surface area contributed by atoms with Gasteiger partial charge < -0.3 is 4.74 Å². The molecule has 5 nitrogen and oxygen atoms in total. The van der Waals surface area contributed by atoms with Crippen molar-refractivity contribution in [3.05, 3.63) is 0 Å². The van der Waals surface area contributed by atoms with E-state index in [1.807, 2.05) is 22.6 Å². The quantitative estimate of drug-likeness (QED) is 0.399. The molecule has 1 atom stereocenters. The number of nitrogens with zero attached hydrogens (tertiary/aromatic N) is 2. The van der Waals surface area contributed by atoms with E-state index in [4.69, 9.17) is 4.74 Å². The molecule has 88 valence electrons. The molecule has 0 aliphatic carbocycles. The van der Waals surface area contributed by atoms with Crippen molar-refractivity contribution in [3.8, 4) is 0 Å². The molecule has 0 aromatic heterocycles. The Balaban J connectivity index is 1.80. The summed E-state index contributed by atoms with van der Waals surface area (Å²) in [5.41, 5.74) is 0. The molecule has 0 aromatic carbocycles. The van der Waals surface area contributed by atoms with Gasteiger partial charge in [0.2, 0.25) is 10.0 Å². The Labute approximate surface area is 104 Å². The smallest absolute Gasteiger partial charge is 0.223 e. The average Bonchev–Trinajstić information content (AvgIpc) is 3.03. The number of hydrogen-bond acceptors (Lipinski definition) is 4. The number of alkyl halides is 1. The third-order valence-corrected chi connectivity index (χ3v) is 6.52. The summed E-state index contributed by atoms with van der Waals surface area (Å²) in [6.45, 7) is 4.73. The van der Waals surface area contributed by atoms with Gasteiger partial charge in [0.25, 0.3) is 0 Å². The number of ether oxygens (including phenoxy) is 1. The zero-order chi connectivity index (χ0) is 10.9. The Morgan fingerprint density at radius 3 is 2.33 bits per heavy atom. The Bertz CT molecular complexity index is 310. The van der Waals surface area contributed by atoms with E-state index in [9.17, 15) is 8.42 Å². The van der Waals surface area contributed by atoms with Crippen molar-refractivity contribution in [3.63, 3.8) is 0 Å². The molecule has 2 fully saturated rings. The van der Waals surface area contributed by atoms with Gasteiger partial charge in [0.05, 0.1) is 12.7 Å². The monoisotopic (exact) mass is 346 g/mol. The maximum atomic E-state index is 11.6. The number of epoxide rings is 1. The van der Waals surface area contributed by atoms with Gasteiger partial charge in [-0.25, -0.2) is 8.42 Å². The van der Waals surface area contributed by atoms with Crippen LogP contribution in [0.1, 0.15) is 0 Å². The van der Waals surface area contributed by atoms with Crippen LogP contribution in [0.15, 0.2) is 0 Å². The molecule has 15 heavy (non-hydrogen) atoms. The fraction of sp³-hybridized carbons (Fsp3) is 1.00. The van der Waals surface area contributed by atoms with Crippen molar-refractivity contribution in [1.29, 1.82) is 0 Å². The van der Waals surface area contributed by atoms with Gasteiger partial charge in [-0.05, 0) is 0 Å². The topological polar surface area (TPSA) is 53.2 Å². The van der Waals surface area contributed by atoms with Crippen LogP contribution in [0.5, 0.6) is 0 Å². The molecule has 7 heteroatoms. The van der Waals surface area contributed by atoms with E-state index in [1.54, 1.807) is 4.31 Å². The molecule has 2 heterocycles. The highest BCUT2D eigenvalue weighted by Gasteiger charge is 2.30. The first-order valence-corrected chi connectivity index (χ1v) is 8.13. The Kier molecular flexibility index (Phi) is 3.87. The van der Waals surface area contributed by atoms with Crippen LogP contribution < -0.4 is 0 Å². The van der Waals surface area contributed by atoms with Crippen molar-refractivity contribution in [2.24, 2.45) is 0 Å². The highest BCUT2D eigenvalue weighted by atomic mass is 127. The minimum absolute atomic E-state index is 0.177. The number of halogens is 1. The Morgan fingerprint density at radius 2 is 1.87 bits per heavy atom. The van der Waals surface area contributed by atoms with Gasteiger partial charge >= 0.3 is 0 Å². The molecule has 0 N–H and O–H groups in total. The van der Waals surface area contributed by atoms with E-state index in [2.05, 4.69) is 4.90 Å². The van der Waals surface area contributed by atoms with Gasteiger partial charge in [-0.1, -0.05) is 22.6 Å².